The number of aromatic nitrogens is 3. The number of rotatable bonds is 5. The molecule has 0 saturated carbocycles. The second kappa shape index (κ2) is 8.14. The third-order valence-electron chi connectivity index (χ3n) is 4.92. The molecule has 0 bridgehead atoms. The fourth-order valence-corrected chi connectivity index (χ4v) is 3.33. The summed E-state index contributed by atoms with van der Waals surface area (Å²) < 4.78 is 1.98. The van der Waals surface area contributed by atoms with Gasteiger partial charge < -0.3 is 10.2 Å². The van der Waals surface area contributed by atoms with Crippen molar-refractivity contribution in [3.8, 4) is 0 Å². The van der Waals surface area contributed by atoms with Crippen molar-refractivity contribution in [2.75, 3.05) is 13.1 Å². The first-order chi connectivity index (χ1) is 12.1. The van der Waals surface area contributed by atoms with Crippen molar-refractivity contribution < 1.29 is 4.79 Å². The minimum atomic E-state index is -0.0788. The number of carbonyl (C=O) groups is 1. The molecule has 1 saturated heterocycles. The van der Waals surface area contributed by atoms with Crippen LogP contribution in [0.4, 0.5) is 4.79 Å². The zero-order valence-corrected chi connectivity index (χ0v) is 15.1. The molecule has 1 fully saturated rings. The molecule has 1 atom stereocenters. The van der Waals surface area contributed by atoms with Crippen LogP contribution in [0, 0.1) is 12.8 Å². The van der Waals surface area contributed by atoms with Gasteiger partial charge in [-0.15, -0.1) is 0 Å². The Balaban J connectivity index is 1.43. The van der Waals surface area contributed by atoms with Crippen LogP contribution in [0.25, 0.3) is 0 Å². The molecule has 0 unspecified atom stereocenters. The van der Waals surface area contributed by atoms with E-state index in [1.165, 1.54) is 0 Å². The fourth-order valence-electron chi connectivity index (χ4n) is 3.33. The number of amides is 2. The lowest BCUT2D eigenvalue weighted by atomic mass is 9.94. The molecule has 2 amide bonds. The van der Waals surface area contributed by atoms with Crippen molar-refractivity contribution in [1.29, 1.82) is 0 Å². The summed E-state index contributed by atoms with van der Waals surface area (Å²) >= 11 is 0. The van der Waals surface area contributed by atoms with Gasteiger partial charge in [0.2, 0.25) is 0 Å². The second-order valence-corrected chi connectivity index (χ2v) is 6.86. The summed E-state index contributed by atoms with van der Waals surface area (Å²) in [6, 6.07) is 7.79. The minimum Gasteiger partial charge on any atom is -0.330 e. The quantitative estimate of drug-likeness (QED) is 0.908. The Bertz CT molecular complexity index is 677. The number of aryl methyl sites for hydroxylation is 2. The molecular formula is C19H27N5O. The van der Waals surface area contributed by atoms with E-state index < -0.39 is 0 Å². The SMILES string of the molecule is Cc1cccc([C@H](C)NC(=O)N2CCC(CCn3cccn3)CC2)n1. The van der Waals surface area contributed by atoms with E-state index in [0.717, 1.165) is 50.3 Å². The Morgan fingerprint density at radius 1 is 1.32 bits per heavy atom. The number of piperidine rings is 1. The molecule has 6 heteroatoms. The summed E-state index contributed by atoms with van der Waals surface area (Å²) in [6.45, 7) is 6.55. The third kappa shape index (κ3) is 4.81. The van der Waals surface area contributed by atoms with Crippen LogP contribution in [0.1, 0.15) is 43.6 Å². The van der Waals surface area contributed by atoms with Crippen molar-refractivity contribution in [2.45, 2.75) is 45.7 Å². The van der Waals surface area contributed by atoms with Crippen molar-refractivity contribution in [3.05, 3.63) is 48.0 Å². The Morgan fingerprint density at radius 2 is 2.12 bits per heavy atom. The third-order valence-corrected chi connectivity index (χ3v) is 4.92. The van der Waals surface area contributed by atoms with Gasteiger partial charge in [-0.2, -0.15) is 5.10 Å². The molecule has 0 aliphatic carbocycles. The maximum absolute atomic E-state index is 12.5. The van der Waals surface area contributed by atoms with E-state index in [-0.39, 0.29) is 12.1 Å². The van der Waals surface area contributed by atoms with Gasteiger partial charge in [0, 0.05) is 37.7 Å². The Labute approximate surface area is 149 Å². The van der Waals surface area contributed by atoms with Gasteiger partial charge in [-0.1, -0.05) is 6.07 Å². The molecule has 1 aliphatic rings. The van der Waals surface area contributed by atoms with E-state index in [1.807, 2.05) is 60.1 Å². The predicted octanol–water partition coefficient (Wildman–Crippen LogP) is 3.16. The van der Waals surface area contributed by atoms with E-state index in [1.54, 1.807) is 0 Å². The molecule has 3 heterocycles. The lowest BCUT2D eigenvalue weighted by molar-refractivity contribution is 0.163. The van der Waals surface area contributed by atoms with Crippen LogP contribution >= 0.6 is 0 Å². The summed E-state index contributed by atoms with van der Waals surface area (Å²) in [4.78, 5) is 18.9. The molecule has 1 aliphatic heterocycles. The van der Waals surface area contributed by atoms with Crippen LogP contribution in [0.3, 0.4) is 0 Å². The summed E-state index contributed by atoms with van der Waals surface area (Å²) in [5.41, 5.74) is 1.87. The molecule has 0 radical (unpaired) electrons. The zero-order valence-electron chi connectivity index (χ0n) is 15.1. The van der Waals surface area contributed by atoms with Gasteiger partial charge in [0.25, 0.3) is 0 Å². The highest BCUT2D eigenvalue weighted by molar-refractivity contribution is 5.74. The highest BCUT2D eigenvalue weighted by Gasteiger charge is 2.24. The Kier molecular flexibility index (Phi) is 5.68. The summed E-state index contributed by atoms with van der Waals surface area (Å²) in [5.74, 6) is 0.670. The molecular weight excluding hydrogens is 314 g/mol. The van der Waals surface area contributed by atoms with E-state index in [4.69, 9.17) is 0 Å². The van der Waals surface area contributed by atoms with Gasteiger partial charge in [0.05, 0.1) is 11.7 Å². The van der Waals surface area contributed by atoms with E-state index in [2.05, 4.69) is 15.4 Å². The number of nitrogens with one attached hydrogen (secondary N) is 1. The number of pyridine rings is 1. The predicted molar refractivity (Wildman–Crippen MR) is 97.1 cm³/mol. The van der Waals surface area contributed by atoms with Crippen LogP contribution in [0.15, 0.2) is 36.7 Å². The Morgan fingerprint density at radius 3 is 2.80 bits per heavy atom. The van der Waals surface area contributed by atoms with E-state index >= 15 is 0 Å². The van der Waals surface area contributed by atoms with Crippen molar-refractivity contribution in [1.82, 2.24) is 25.0 Å². The normalized spacial score (nSPS) is 16.6. The van der Waals surface area contributed by atoms with Crippen LogP contribution in [-0.4, -0.2) is 38.8 Å². The number of carbonyl (C=O) groups excluding carboxylic acids is 1. The smallest absolute Gasteiger partial charge is 0.317 e. The minimum absolute atomic E-state index is 0.0151. The fraction of sp³-hybridized carbons (Fsp3) is 0.526. The monoisotopic (exact) mass is 341 g/mol. The van der Waals surface area contributed by atoms with Gasteiger partial charge in [0.15, 0.2) is 0 Å². The number of likely N-dealkylation sites (tertiary alicyclic amines) is 1. The standard InChI is InChI=1S/C19H27N5O/c1-15-5-3-6-18(21-15)16(2)22-19(25)23-12-7-17(8-13-23)9-14-24-11-4-10-20-24/h3-6,10-11,16-17H,7-9,12-14H2,1-2H3,(H,22,25)/t16-/m0/s1. The highest BCUT2D eigenvalue weighted by Crippen LogP contribution is 2.21. The van der Waals surface area contributed by atoms with E-state index in [9.17, 15) is 4.79 Å². The number of hydrogen-bond donors (Lipinski definition) is 1. The number of hydrogen-bond acceptors (Lipinski definition) is 3. The number of nitrogens with zero attached hydrogens (tertiary/aromatic N) is 4. The molecule has 3 rings (SSSR count). The first-order valence-corrected chi connectivity index (χ1v) is 9.08. The van der Waals surface area contributed by atoms with Gasteiger partial charge in [-0.25, -0.2) is 4.79 Å². The van der Waals surface area contributed by atoms with E-state index in [0.29, 0.717) is 5.92 Å². The second-order valence-electron chi connectivity index (χ2n) is 6.86. The lowest BCUT2D eigenvalue weighted by Gasteiger charge is -2.32. The maximum atomic E-state index is 12.5. The summed E-state index contributed by atoms with van der Waals surface area (Å²) in [6.07, 6.45) is 7.07. The molecule has 0 spiro atoms. The zero-order chi connectivity index (χ0) is 17.6. The average Bonchev–Trinajstić information content (AvgIpc) is 3.14. The molecule has 1 N–H and O–H groups in total. The van der Waals surface area contributed by atoms with Crippen molar-refractivity contribution >= 4 is 6.03 Å². The topological polar surface area (TPSA) is 63.1 Å². The number of urea groups is 1. The van der Waals surface area contributed by atoms with Crippen LogP contribution in [0.2, 0.25) is 0 Å². The molecule has 2 aromatic heterocycles. The first kappa shape index (κ1) is 17.5. The van der Waals surface area contributed by atoms with Crippen molar-refractivity contribution in [3.63, 3.8) is 0 Å². The molecule has 25 heavy (non-hydrogen) atoms. The van der Waals surface area contributed by atoms with Crippen molar-refractivity contribution in [2.24, 2.45) is 5.92 Å². The van der Waals surface area contributed by atoms with Crippen LogP contribution in [-0.2, 0) is 6.54 Å². The average molecular weight is 341 g/mol. The maximum Gasteiger partial charge on any atom is 0.317 e. The highest BCUT2D eigenvalue weighted by atomic mass is 16.2. The van der Waals surface area contributed by atoms with Gasteiger partial charge in [0.1, 0.15) is 0 Å². The van der Waals surface area contributed by atoms with Gasteiger partial charge in [-0.3, -0.25) is 9.67 Å². The summed E-state index contributed by atoms with van der Waals surface area (Å²) in [7, 11) is 0. The molecule has 2 aromatic rings. The molecule has 0 aromatic carbocycles. The first-order valence-electron chi connectivity index (χ1n) is 9.08. The molecule has 134 valence electrons. The van der Waals surface area contributed by atoms with Gasteiger partial charge >= 0.3 is 6.03 Å². The lowest BCUT2D eigenvalue weighted by Crippen LogP contribution is -2.45. The largest absolute Gasteiger partial charge is 0.330 e. The van der Waals surface area contributed by atoms with Crippen LogP contribution in [0.5, 0.6) is 0 Å². The van der Waals surface area contributed by atoms with Crippen LogP contribution < -0.4 is 5.32 Å². The Hall–Kier alpha value is -2.37. The molecule has 6 nitrogen and oxygen atoms in total. The summed E-state index contributed by atoms with van der Waals surface area (Å²) in [5, 5.41) is 7.32. The van der Waals surface area contributed by atoms with Gasteiger partial charge in [-0.05, 0) is 57.2 Å².